The van der Waals surface area contributed by atoms with Gasteiger partial charge in [0, 0.05) is 24.6 Å². The number of nitrogens with one attached hydrogen (secondary N) is 1. The van der Waals surface area contributed by atoms with Gasteiger partial charge in [0.1, 0.15) is 0 Å². The van der Waals surface area contributed by atoms with Crippen LogP contribution in [-0.2, 0) is 22.3 Å². The molecule has 0 unspecified atom stereocenters. The van der Waals surface area contributed by atoms with E-state index in [0.717, 1.165) is 28.8 Å². The highest BCUT2D eigenvalue weighted by molar-refractivity contribution is 7.98. The summed E-state index contributed by atoms with van der Waals surface area (Å²) in [7, 11) is -3.63. The van der Waals surface area contributed by atoms with E-state index in [1.54, 1.807) is 40.6 Å². The summed E-state index contributed by atoms with van der Waals surface area (Å²) >= 11 is 14.6. The van der Waals surface area contributed by atoms with Crippen LogP contribution in [0.15, 0.2) is 46.1 Å². The summed E-state index contributed by atoms with van der Waals surface area (Å²) in [5.74, 6) is 1.32. The Bertz CT molecular complexity index is 1170. The van der Waals surface area contributed by atoms with Crippen molar-refractivity contribution in [2.24, 2.45) is 0 Å². The number of fused-ring (bicyclic) bond motifs is 1. The van der Waals surface area contributed by atoms with E-state index in [0.29, 0.717) is 39.3 Å². The Morgan fingerprint density at radius 2 is 1.93 bits per heavy atom. The summed E-state index contributed by atoms with van der Waals surface area (Å²) in [4.78, 5) is 12.2. The van der Waals surface area contributed by atoms with Gasteiger partial charge in [-0.25, -0.2) is 13.1 Å². The maximum Gasteiger partial charge on any atom is 0.308 e. The lowest BCUT2D eigenvalue weighted by Gasteiger charge is -2.08. The highest BCUT2D eigenvalue weighted by atomic mass is 35.5. The fraction of sp³-hybridized carbons (Fsp3) is 0.316. The molecule has 1 N–H and O–H groups in total. The van der Waals surface area contributed by atoms with Crippen LogP contribution in [0.3, 0.4) is 0 Å². The first kappa shape index (κ1) is 22.7. The standard InChI is InChI=1S/C19H20Cl2N2O3S3/c1-2-8-23-17-6-4-14(11-18(17)28-19(23)24)29(25,26)22-7-9-27-12-13-3-5-15(20)16(21)10-13/h3-6,10-11,22H,2,7-9,12H2,1H3. The number of hydrogen-bond donors (Lipinski definition) is 1. The van der Waals surface area contributed by atoms with Crippen molar-refractivity contribution >= 4 is 66.5 Å². The molecule has 0 saturated carbocycles. The van der Waals surface area contributed by atoms with E-state index in [1.807, 2.05) is 19.1 Å². The molecule has 0 saturated heterocycles. The van der Waals surface area contributed by atoms with Crippen LogP contribution in [0, 0.1) is 0 Å². The molecule has 0 amide bonds. The molecule has 0 bridgehead atoms. The van der Waals surface area contributed by atoms with Crippen molar-refractivity contribution in [3.63, 3.8) is 0 Å². The van der Waals surface area contributed by atoms with Gasteiger partial charge >= 0.3 is 4.87 Å². The van der Waals surface area contributed by atoms with Crippen LogP contribution in [-0.4, -0.2) is 25.3 Å². The summed E-state index contributed by atoms with van der Waals surface area (Å²) in [6.07, 6.45) is 0.841. The predicted molar refractivity (Wildman–Crippen MR) is 124 cm³/mol. The lowest BCUT2D eigenvalue weighted by atomic mass is 10.2. The smallest absolute Gasteiger partial charge is 0.299 e. The van der Waals surface area contributed by atoms with Crippen molar-refractivity contribution < 1.29 is 8.42 Å². The van der Waals surface area contributed by atoms with Crippen molar-refractivity contribution in [3.05, 3.63) is 61.7 Å². The molecule has 29 heavy (non-hydrogen) atoms. The Hall–Kier alpha value is -1.03. The number of thioether (sulfide) groups is 1. The molecule has 0 fully saturated rings. The zero-order valence-corrected chi connectivity index (χ0v) is 19.6. The quantitative estimate of drug-likeness (QED) is 0.428. The van der Waals surface area contributed by atoms with Crippen molar-refractivity contribution in [2.45, 2.75) is 30.5 Å². The molecule has 5 nitrogen and oxygen atoms in total. The highest BCUT2D eigenvalue weighted by Gasteiger charge is 2.16. The maximum absolute atomic E-state index is 12.6. The van der Waals surface area contributed by atoms with Crippen molar-refractivity contribution in [1.82, 2.24) is 9.29 Å². The molecule has 2 aromatic carbocycles. The molecule has 0 atom stereocenters. The monoisotopic (exact) mass is 490 g/mol. The molecule has 0 radical (unpaired) electrons. The number of aromatic nitrogens is 1. The van der Waals surface area contributed by atoms with E-state index in [9.17, 15) is 13.2 Å². The molecule has 1 heterocycles. The van der Waals surface area contributed by atoms with Crippen molar-refractivity contribution in [2.75, 3.05) is 12.3 Å². The first-order valence-corrected chi connectivity index (χ1v) is 13.2. The van der Waals surface area contributed by atoms with Gasteiger partial charge in [-0.1, -0.05) is 47.5 Å². The SMILES string of the molecule is CCCn1c(=O)sc2cc(S(=O)(=O)NCCSCc3ccc(Cl)c(Cl)c3)ccc21. The lowest BCUT2D eigenvalue weighted by Crippen LogP contribution is -2.26. The van der Waals surface area contributed by atoms with Gasteiger partial charge < -0.3 is 0 Å². The fourth-order valence-electron chi connectivity index (χ4n) is 2.80. The molecule has 156 valence electrons. The third-order valence-electron chi connectivity index (χ3n) is 4.19. The molecular weight excluding hydrogens is 471 g/mol. The molecule has 0 aliphatic rings. The van der Waals surface area contributed by atoms with Crippen molar-refractivity contribution in [1.29, 1.82) is 0 Å². The van der Waals surface area contributed by atoms with Crippen LogP contribution in [0.4, 0.5) is 0 Å². The third-order valence-corrected chi connectivity index (χ3v) is 8.36. The predicted octanol–water partition coefficient (Wildman–Crippen LogP) is 4.99. The molecule has 10 heteroatoms. The Balaban J connectivity index is 1.59. The second-order valence-corrected chi connectivity index (χ2v) is 11.0. The van der Waals surface area contributed by atoms with Crippen LogP contribution in [0.2, 0.25) is 10.0 Å². The topological polar surface area (TPSA) is 68.2 Å². The molecule has 0 spiro atoms. The van der Waals surface area contributed by atoms with Gasteiger partial charge in [0.25, 0.3) is 0 Å². The molecule has 0 aliphatic heterocycles. The molecule has 0 aliphatic carbocycles. The van der Waals surface area contributed by atoms with Gasteiger partial charge in [0.2, 0.25) is 10.0 Å². The Morgan fingerprint density at radius 3 is 2.66 bits per heavy atom. The summed E-state index contributed by atoms with van der Waals surface area (Å²) in [6.45, 7) is 2.93. The number of benzene rings is 2. The second kappa shape index (κ2) is 9.85. The molecule has 3 aromatic rings. The zero-order valence-electron chi connectivity index (χ0n) is 15.7. The highest BCUT2D eigenvalue weighted by Crippen LogP contribution is 2.25. The number of nitrogens with zero attached hydrogens (tertiary/aromatic N) is 1. The summed E-state index contributed by atoms with van der Waals surface area (Å²) in [5.41, 5.74) is 1.81. The average Bonchev–Trinajstić information content (AvgIpc) is 2.99. The minimum absolute atomic E-state index is 0.0666. The first-order chi connectivity index (χ1) is 13.8. The minimum Gasteiger partial charge on any atom is -0.299 e. The summed E-state index contributed by atoms with van der Waals surface area (Å²) in [5, 5.41) is 1.02. The van der Waals surface area contributed by atoms with Gasteiger partial charge in [-0.05, 0) is 42.3 Å². The number of sulfonamides is 1. The molecule has 1 aromatic heterocycles. The number of aryl methyl sites for hydroxylation is 1. The normalized spacial score (nSPS) is 12.0. The van der Waals surface area contributed by atoms with Crippen LogP contribution in [0.25, 0.3) is 10.2 Å². The number of hydrogen-bond acceptors (Lipinski definition) is 5. The third kappa shape index (κ3) is 5.57. The van der Waals surface area contributed by atoms with Crippen LogP contribution < -0.4 is 9.60 Å². The number of rotatable bonds is 9. The van der Waals surface area contributed by atoms with E-state index in [4.69, 9.17) is 23.2 Å². The van der Waals surface area contributed by atoms with Crippen LogP contribution in [0.5, 0.6) is 0 Å². The van der Waals surface area contributed by atoms with Crippen molar-refractivity contribution in [3.8, 4) is 0 Å². The maximum atomic E-state index is 12.6. The van der Waals surface area contributed by atoms with Gasteiger partial charge in [-0.15, -0.1) is 0 Å². The van der Waals surface area contributed by atoms with E-state index in [2.05, 4.69) is 4.72 Å². The molecule has 3 rings (SSSR count). The number of thiazole rings is 1. The Labute approximate surface area is 188 Å². The second-order valence-electron chi connectivity index (χ2n) is 6.35. The first-order valence-electron chi connectivity index (χ1n) is 8.96. The average molecular weight is 491 g/mol. The van der Waals surface area contributed by atoms with Gasteiger partial charge in [-0.3, -0.25) is 9.36 Å². The fourth-order valence-corrected chi connectivity index (χ4v) is 6.14. The summed E-state index contributed by atoms with van der Waals surface area (Å²) in [6, 6.07) is 10.3. The van der Waals surface area contributed by atoms with Gasteiger partial charge in [0.05, 0.1) is 25.2 Å². The lowest BCUT2D eigenvalue weighted by molar-refractivity contribution is 0.584. The Morgan fingerprint density at radius 1 is 1.14 bits per heavy atom. The van der Waals surface area contributed by atoms with E-state index >= 15 is 0 Å². The van der Waals surface area contributed by atoms with E-state index < -0.39 is 10.0 Å². The summed E-state index contributed by atoms with van der Waals surface area (Å²) < 4.78 is 30.1. The molecular formula is C19H20Cl2N2O3S3. The van der Waals surface area contributed by atoms with Gasteiger partial charge in [0.15, 0.2) is 0 Å². The van der Waals surface area contributed by atoms with E-state index in [-0.39, 0.29) is 9.77 Å². The number of halogens is 2. The van der Waals surface area contributed by atoms with Gasteiger partial charge in [-0.2, -0.15) is 11.8 Å². The zero-order chi connectivity index (χ0) is 21.0. The largest absolute Gasteiger partial charge is 0.308 e. The van der Waals surface area contributed by atoms with E-state index in [1.165, 1.54) is 0 Å². The van der Waals surface area contributed by atoms with Crippen LogP contribution >= 0.6 is 46.3 Å². The van der Waals surface area contributed by atoms with Crippen LogP contribution in [0.1, 0.15) is 18.9 Å². The minimum atomic E-state index is -3.63. The Kier molecular flexibility index (Phi) is 7.69.